The van der Waals surface area contributed by atoms with Crippen LogP contribution in [-0.2, 0) is 14.3 Å². The third-order valence-electron chi connectivity index (χ3n) is 6.78. The second-order valence-electron chi connectivity index (χ2n) is 9.37. The molecule has 1 aromatic rings. The Bertz CT molecular complexity index is 794. The molecule has 0 atom stereocenters. The van der Waals surface area contributed by atoms with Crippen LogP contribution in [0, 0.1) is 31.6 Å². The van der Waals surface area contributed by atoms with E-state index in [1.165, 1.54) is 19.3 Å². The number of carbonyl (C=O) groups excluding carboxylic acids is 3. The first-order chi connectivity index (χ1) is 14.3. The Labute approximate surface area is 176 Å². The number of hydrogen-bond acceptors (Lipinski definition) is 5. The van der Waals surface area contributed by atoms with Crippen LogP contribution in [0.25, 0.3) is 0 Å². The van der Waals surface area contributed by atoms with E-state index in [4.69, 9.17) is 9.47 Å². The van der Waals surface area contributed by atoms with Gasteiger partial charge in [-0.1, -0.05) is 18.2 Å². The van der Waals surface area contributed by atoms with Crippen molar-refractivity contribution < 1.29 is 23.9 Å². The molecule has 4 aliphatic carbocycles. The first-order valence-corrected chi connectivity index (χ1v) is 10.8. The predicted molar refractivity (Wildman–Crippen MR) is 110 cm³/mol. The number of esters is 1. The Kier molecular flexibility index (Phi) is 5.71. The van der Waals surface area contributed by atoms with Gasteiger partial charge in [-0.3, -0.25) is 10.1 Å². The van der Waals surface area contributed by atoms with Crippen LogP contribution in [0.15, 0.2) is 18.2 Å². The molecule has 4 bridgehead atoms. The third-order valence-corrected chi connectivity index (χ3v) is 6.78. The van der Waals surface area contributed by atoms with Gasteiger partial charge in [-0.25, -0.2) is 9.59 Å². The Morgan fingerprint density at radius 3 is 2.10 bits per heavy atom. The average Bonchev–Trinajstić information content (AvgIpc) is 2.64. The summed E-state index contributed by atoms with van der Waals surface area (Å²) in [5.41, 5.74) is 1.67. The van der Waals surface area contributed by atoms with Gasteiger partial charge in [0.2, 0.25) is 0 Å². The molecule has 162 valence electrons. The highest BCUT2D eigenvalue weighted by Gasteiger charge is 2.51. The number of benzene rings is 1. The molecular weight excluding hydrogens is 384 g/mol. The molecule has 3 amide bonds. The van der Waals surface area contributed by atoms with Crippen molar-refractivity contribution in [2.75, 3.05) is 13.2 Å². The zero-order chi connectivity index (χ0) is 21.3. The maximum absolute atomic E-state index is 12.4. The summed E-state index contributed by atoms with van der Waals surface area (Å²) in [4.78, 5) is 36.3. The molecule has 4 aliphatic rings. The van der Waals surface area contributed by atoms with Crippen LogP contribution in [0.1, 0.15) is 49.7 Å². The van der Waals surface area contributed by atoms with E-state index in [-0.39, 0.29) is 12.1 Å². The Balaban J connectivity index is 1.19. The highest BCUT2D eigenvalue weighted by atomic mass is 16.6. The first-order valence-electron chi connectivity index (χ1n) is 10.8. The monoisotopic (exact) mass is 414 g/mol. The van der Waals surface area contributed by atoms with Gasteiger partial charge in [-0.15, -0.1) is 0 Å². The fraction of sp³-hybridized carbons (Fsp3) is 0.609. The van der Waals surface area contributed by atoms with Crippen LogP contribution < -0.4 is 15.4 Å². The zero-order valence-corrected chi connectivity index (χ0v) is 17.7. The molecule has 0 saturated heterocycles. The van der Waals surface area contributed by atoms with Crippen molar-refractivity contribution in [2.24, 2.45) is 17.8 Å². The van der Waals surface area contributed by atoms with Gasteiger partial charge in [0.25, 0.3) is 5.91 Å². The normalized spacial score (nSPS) is 28.7. The maximum Gasteiger partial charge on any atom is 0.344 e. The summed E-state index contributed by atoms with van der Waals surface area (Å²) in [6.07, 6.45) is 6.85. The maximum atomic E-state index is 12.4. The van der Waals surface area contributed by atoms with Gasteiger partial charge in [0, 0.05) is 5.54 Å². The summed E-state index contributed by atoms with van der Waals surface area (Å²) < 4.78 is 10.5. The van der Waals surface area contributed by atoms with Gasteiger partial charge in [0.05, 0.1) is 0 Å². The van der Waals surface area contributed by atoms with Gasteiger partial charge in [0.15, 0.2) is 13.2 Å². The van der Waals surface area contributed by atoms with Gasteiger partial charge in [-0.05, 0) is 81.3 Å². The molecule has 0 aromatic heterocycles. The molecule has 30 heavy (non-hydrogen) atoms. The fourth-order valence-electron chi connectivity index (χ4n) is 6.04. The highest BCUT2D eigenvalue weighted by Crippen LogP contribution is 2.55. The minimum atomic E-state index is -0.658. The number of nitrogens with one attached hydrogen (secondary N) is 2. The zero-order valence-electron chi connectivity index (χ0n) is 17.7. The summed E-state index contributed by atoms with van der Waals surface area (Å²) in [6, 6.07) is 5.20. The summed E-state index contributed by atoms with van der Waals surface area (Å²) >= 11 is 0. The largest absolute Gasteiger partial charge is 0.481 e. The summed E-state index contributed by atoms with van der Waals surface area (Å²) in [5.74, 6) is 1.43. The molecule has 7 nitrogen and oxygen atoms in total. The molecule has 0 heterocycles. The Morgan fingerprint density at radius 2 is 1.53 bits per heavy atom. The van der Waals surface area contributed by atoms with Crippen LogP contribution in [0.4, 0.5) is 4.79 Å². The van der Waals surface area contributed by atoms with Crippen molar-refractivity contribution in [3.63, 3.8) is 0 Å². The van der Waals surface area contributed by atoms with Crippen molar-refractivity contribution in [3.8, 4) is 5.75 Å². The smallest absolute Gasteiger partial charge is 0.344 e. The van der Waals surface area contributed by atoms with E-state index in [2.05, 4.69) is 10.6 Å². The quantitative estimate of drug-likeness (QED) is 0.698. The SMILES string of the molecule is Cc1cccc(C)c1OCC(=O)OCC(=O)NC(=O)NC12CC3CC(CC(C3)C1)C2. The highest BCUT2D eigenvalue weighted by molar-refractivity contribution is 5.95. The minimum Gasteiger partial charge on any atom is -0.481 e. The molecule has 0 spiro atoms. The summed E-state index contributed by atoms with van der Waals surface area (Å²) in [5, 5.41) is 5.36. The molecule has 4 fully saturated rings. The minimum absolute atomic E-state index is 0.172. The number of para-hydroxylation sites is 1. The van der Waals surface area contributed by atoms with Gasteiger partial charge < -0.3 is 14.8 Å². The summed E-state index contributed by atoms with van der Waals surface area (Å²) in [7, 11) is 0. The van der Waals surface area contributed by atoms with Crippen molar-refractivity contribution in [1.82, 2.24) is 10.6 Å². The summed E-state index contributed by atoms with van der Waals surface area (Å²) in [6.45, 7) is 2.98. The molecule has 0 unspecified atom stereocenters. The Hall–Kier alpha value is -2.57. The van der Waals surface area contributed by atoms with Crippen LogP contribution in [0.2, 0.25) is 0 Å². The van der Waals surface area contributed by atoms with E-state index in [0.29, 0.717) is 23.5 Å². The third kappa shape index (κ3) is 4.60. The Morgan fingerprint density at radius 1 is 0.967 bits per heavy atom. The van der Waals surface area contributed by atoms with Crippen molar-refractivity contribution in [1.29, 1.82) is 0 Å². The second-order valence-corrected chi connectivity index (χ2v) is 9.37. The average molecular weight is 415 g/mol. The lowest BCUT2D eigenvalue weighted by Crippen LogP contribution is -2.62. The van der Waals surface area contributed by atoms with Crippen LogP contribution in [-0.4, -0.2) is 36.7 Å². The van der Waals surface area contributed by atoms with E-state index in [9.17, 15) is 14.4 Å². The van der Waals surface area contributed by atoms with E-state index < -0.39 is 24.5 Å². The molecule has 0 aliphatic heterocycles. The van der Waals surface area contributed by atoms with Crippen LogP contribution in [0.5, 0.6) is 5.75 Å². The lowest BCUT2D eigenvalue weighted by atomic mass is 9.53. The van der Waals surface area contributed by atoms with E-state index in [1.54, 1.807) is 0 Å². The van der Waals surface area contributed by atoms with Crippen LogP contribution >= 0.6 is 0 Å². The van der Waals surface area contributed by atoms with Crippen molar-refractivity contribution in [2.45, 2.75) is 57.9 Å². The predicted octanol–water partition coefficient (Wildman–Crippen LogP) is 3.02. The lowest BCUT2D eigenvalue weighted by Gasteiger charge is -2.56. The standard InChI is InChI=1S/C23H30N2O5/c1-14-4-3-5-15(2)21(14)30-13-20(27)29-12-19(26)24-22(28)25-23-9-16-6-17(10-23)8-18(7-16)11-23/h3-5,16-18H,6-13H2,1-2H3,(H2,24,25,26,28). The number of aryl methyl sites for hydroxylation is 2. The van der Waals surface area contributed by atoms with Gasteiger partial charge in [0.1, 0.15) is 5.75 Å². The van der Waals surface area contributed by atoms with Gasteiger partial charge >= 0.3 is 12.0 Å². The molecular formula is C23H30N2O5. The van der Waals surface area contributed by atoms with E-state index in [1.807, 2.05) is 32.0 Å². The van der Waals surface area contributed by atoms with Crippen molar-refractivity contribution in [3.05, 3.63) is 29.3 Å². The van der Waals surface area contributed by atoms with Crippen molar-refractivity contribution >= 4 is 17.9 Å². The van der Waals surface area contributed by atoms with E-state index >= 15 is 0 Å². The molecule has 7 heteroatoms. The number of carbonyl (C=O) groups is 3. The fourth-order valence-corrected chi connectivity index (χ4v) is 6.04. The number of hydrogen-bond donors (Lipinski definition) is 2. The number of rotatable bonds is 6. The number of amides is 3. The topological polar surface area (TPSA) is 93.7 Å². The first kappa shape index (κ1) is 20.7. The number of urea groups is 1. The molecule has 2 N–H and O–H groups in total. The molecule has 4 saturated carbocycles. The molecule has 5 rings (SSSR count). The molecule has 1 aromatic carbocycles. The second kappa shape index (κ2) is 8.28. The number of ether oxygens (including phenoxy) is 2. The van der Waals surface area contributed by atoms with E-state index in [0.717, 1.165) is 30.4 Å². The lowest BCUT2D eigenvalue weighted by molar-refractivity contribution is -0.150. The molecule has 0 radical (unpaired) electrons. The van der Waals surface area contributed by atoms with Crippen LogP contribution in [0.3, 0.4) is 0 Å². The van der Waals surface area contributed by atoms with Gasteiger partial charge in [-0.2, -0.15) is 0 Å². The number of imide groups is 1.